The van der Waals surface area contributed by atoms with E-state index in [1.54, 1.807) is 0 Å². The first kappa shape index (κ1) is 20.3. The molecule has 2 rings (SSSR count). The van der Waals surface area contributed by atoms with Gasteiger partial charge in [0, 0.05) is 38.3 Å². The van der Waals surface area contributed by atoms with E-state index in [2.05, 4.69) is 32.2 Å². The van der Waals surface area contributed by atoms with Gasteiger partial charge in [-0.3, -0.25) is 4.79 Å². The summed E-state index contributed by atoms with van der Waals surface area (Å²) in [6.45, 7) is 13.7. The molecule has 144 valence electrons. The molecular weight excluding hydrogens is 326 g/mol. The van der Waals surface area contributed by atoms with Crippen LogP contribution in [0, 0.1) is 6.92 Å². The molecule has 1 N–H and O–H groups in total. The van der Waals surface area contributed by atoms with Crippen LogP contribution in [-0.2, 0) is 5.41 Å². The van der Waals surface area contributed by atoms with Crippen LogP contribution in [0.5, 0.6) is 0 Å². The maximum Gasteiger partial charge on any atom is 0.317 e. The molecule has 0 aromatic heterocycles. The Hall–Kier alpha value is -2.04. The van der Waals surface area contributed by atoms with Crippen LogP contribution in [0.1, 0.15) is 62.0 Å². The monoisotopic (exact) mass is 359 g/mol. The van der Waals surface area contributed by atoms with Gasteiger partial charge < -0.3 is 15.1 Å². The molecule has 26 heavy (non-hydrogen) atoms. The van der Waals surface area contributed by atoms with Crippen LogP contribution in [-0.4, -0.2) is 54.5 Å². The Morgan fingerprint density at radius 1 is 1.08 bits per heavy atom. The number of hydrogen-bond acceptors (Lipinski definition) is 2. The predicted octanol–water partition coefficient (Wildman–Crippen LogP) is 3.56. The molecule has 5 heteroatoms. The van der Waals surface area contributed by atoms with E-state index in [1.165, 1.54) is 5.56 Å². The Kier molecular flexibility index (Phi) is 6.68. The smallest absolute Gasteiger partial charge is 0.317 e. The highest BCUT2D eigenvalue weighted by molar-refractivity contribution is 5.96. The molecule has 1 saturated heterocycles. The molecule has 0 aliphatic carbocycles. The van der Waals surface area contributed by atoms with Crippen molar-refractivity contribution >= 4 is 11.9 Å². The number of nitrogens with one attached hydrogen (secondary N) is 1. The lowest BCUT2D eigenvalue weighted by Crippen LogP contribution is -2.42. The van der Waals surface area contributed by atoms with Gasteiger partial charge in [-0.05, 0) is 42.4 Å². The van der Waals surface area contributed by atoms with E-state index >= 15 is 0 Å². The summed E-state index contributed by atoms with van der Waals surface area (Å²) in [4.78, 5) is 29.0. The number of hydrogen-bond donors (Lipinski definition) is 1. The van der Waals surface area contributed by atoms with Gasteiger partial charge in [0.15, 0.2) is 0 Å². The van der Waals surface area contributed by atoms with Gasteiger partial charge in [-0.1, -0.05) is 39.8 Å². The summed E-state index contributed by atoms with van der Waals surface area (Å²) in [6.07, 6.45) is 1.73. The van der Waals surface area contributed by atoms with Crippen LogP contribution < -0.4 is 5.32 Å². The number of nitrogens with zero attached hydrogens (tertiary/aromatic N) is 2. The van der Waals surface area contributed by atoms with E-state index in [1.807, 2.05) is 35.8 Å². The quantitative estimate of drug-likeness (QED) is 0.897. The van der Waals surface area contributed by atoms with Gasteiger partial charge in [0.25, 0.3) is 5.91 Å². The summed E-state index contributed by atoms with van der Waals surface area (Å²) in [5.41, 5.74) is 2.96. The third kappa shape index (κ3) is 4.99. The Bertz CT molecular complexity index is 649. The summed E-state index contributed by atoms with van der Waals surface area (Å²) in [5, 5.41) is 2.92. The Labute approximate surface area is 157 Å². The van der Waals surface area contributed by atoms with E-state index in [4.69, 9.17) is 0 Å². The lowest BCUT2D eigenvalue weighted by atomic mass is 9.85. The van der Waals surface area contributed by atoms with E-state index < -0.39 is 0 Å². The summed E-state index contributed by atoms with van der Waals surface area (Å²) >= 11 is 0. The molecule has 0 spiro atoms. The van der Waals surface area contributed by atoms with Crippen LogP contribution in [0.3, 0.4) is 0 Å². The average Bonchev–Trinajstić information content (AvgIpc) is 2.84. The van der Waals surface area contributed by atoms with Gasteiger partial charge in [-0.25, -0.2) is 4.79 Å². The number of amides is 3. The van der Waals surface area contributed by atoms with Crippen molar-refractivity contribution in [2.45, 2.75) is 52.9 Å². The second-order valence-corrected chi connectivity index (χ2v) is 8.14. The molecule has 1 aromatic rings. The standard InChI is InChI=1S/C21H33N3O2/c1-6-10-22-20(26)24-12-7-11-23(13-14-24)19(25)18-15-17(21(3,4)5)9-8-16(18)2/h8-9,15H,6-7,10-14H2,1-5H3,(H,22,26). The molecule has 3 amide bonds. The Balaban J connectivity index is 2.10. The first-order valence-electron chi connectivity index (χ1n) is 9.67. The SMILES string of the molecule is CCCNC(=O)N1CCCN(C(=O)c2cc(C(C)(C)C)ccc2C)CC1. The fraction of sp³-hybridized carbons (Fsp3) is 0.619. The number of aryl methyl sites for hydroxylation is 1. The zero-order valence-corrected chi connectivity index (χ0v) is 16.9. The van der Waals surface area contributed by atoms with Crippen LogP contribution in [0.4, 0.5) is 4.79 Å². The maximum absolute atomic E-state index is 13.1. The third-order valence-corrected chi connectivity index (χ3v) is 4.93. The lowest BCUT2D eigenvalue weighted by molar-refractivity contribution is 0.0761. The fourth-order valence-corrected chi connectivity index (χ4v) is 3.16. The van der Waals surface area contributed by atoms with Crippen LogP contribution in [0.15, 0.2) is 18.2 Å². The third-order valence-electron chi connectivity index (χ3n) is 4.93. The van der Waals surface area contributed by atoms with Crippen molar-refractivity contribution in [3.63, 3.8) is 0 Å². The topological polar surface area (TPSA) is 52.7 Å². The van der Waals surface area contributed by atoms with Crippen LogP contribution in [0.25, 0.3) is 0 Å². The highest BCUT2D eigenvalue weighted by atomic mass is 16.2. The lowest BCUT2D eigenvalue weighted by Gasteiger charge is -2.25. The first-order chi connectivity index (χ1) is 12.2. The van der Waals surface area contributed by atoms with Crippen molar-refractivity contribution in [1.82, 2.24) is 15.1 Å². The molecule has 1 aromatic carbocycles. The molecule has 1 heterocycles. The van der Waals surface area contributed by atoms with Crippen molar-refractivity contribution in [2.75, 3.05) is 32.7 Å². The zero-order valence-electron chi connectivity index (χ0n) is 16.9. The van der Waals surface area contributed by atoms with E-state index in [-0.39, 0.29) is 17.4 Å². The van der Waals surface area contributed by atoms with Crippen molar-refractivity contribution in [3.05, 3.63) is 34.9 Å². The van der Waals surface area contributed by atoms with Crippen molar-refractivity contribution in [2.24, 2.45) is 0 Å². The molecule has 0 atom stereocenters. The number of carbonyl (C=O) groups is 2. The number of benzene rings is 1. The van der Waals surface area contributed by atoms with Gasteiger partial charge in [-0.15, -0.1) is 0 Å². The molecule has 0 bridgehead atoms. The minimum atomic E-state index is -0.0212. The molecule has 1 aliphatic heterocycles. The molecular formula is C21H33N3O2. The predicted molar refractivity (Wildman–Crippen MR) is 106 cm³/mol. The number of urea groups is 1. The summed E-state index contributed by atoms with van der Waals surface area (Å²) < 4.78 is 0. The van der Waals surface area contributed by atoms with Gasteiger partial charge >= 0.3 is 6.03 Å². The van der Waals surface area contributed by atoms with Crippen molar-refractivity contribution < 1.29 is 9.59 Å². The minimum Gasteiger partial charge on any atom is -0.338 e. The van der Waals surface area contributed by atoms with Gasteiger partial charge in [-0.2, -0.15) is 0 Å². The average molecular weight is 360 g/mol. The normalized spacial score (nSPS) is 15.6. The molecule has 0 unspecified atom stereocenters. The van der Waals surface area contributed by atoms with Crippen LogP contribution in [0.2, 0.25) is 0 Å². The van der Waals surface area contributed by atoms with E-state index in [0.29, 0.717) is 32.7 Å². The Morgan fingerprint density at radius 3 is 2.38 bits per heavy atom. The largest absolute Gasteiger partial charge is 0.338 e. The number of rotatable bonds is 3. The molecule has 0 saturated carbocycles. The Morgan fingerprint density at radius 2 is 1.73 bits per heavy atom. The second kappa shape index (κ2) is 8.56. The maximum atomic E-state index is 13.1. The molecule has 1 fully saturated rings. The molecule has 5 nitrogen and oxygen atoms in total. The van der Waals surface area contributed by atoms with E-state index in [9.17, 15) is 9.59 Å². The number of carbonyl (C=O) groups excluding carboxylic acids is 2. The van der Waals surface area contributed by atoms with Gasteiger partial charge in [0.1, 0.15) is 0 Å². The van der Waals surface area contributed by atoms with Crippen LogP contribution >= 0.6 is 0 Å². The van der Waals surface area contributed by atoms with Gasteiger partial charge in [0.05, 0.1) is 0 Å². The highest BCUT2D eigenvalue weighted by Crippen LogP contribution is 2.25. The summed E-state index contributed by atoms with van der Waals surface area (Å²) in [5.74, 6) is 0.0735. The van der Waals surface area contributed by atoms with Crippen molar-refractivity contribution in [1.29, 1.82) is 0 Å². The zero-order chi connectivity index (χ0) is 19.3. The summed E-state index contributed by atoms with van der Waals surface area (Å²) in [6, 6.07) is 6.16. The minimum absolute atomic E-state index is 0.00961. The fourth-order valence-electron chi connectivity index (χ4n) is 3.16. The summed E-state index contributed by atoms with van der Waals surface area (Å²) in [7, 11) is 0. The van der Waals surface area contributed by atoms with Crippen molar-refractivity contribution in [3.8, 4) is 0 Å². The molecule has 1 aliphatic rings. The first-order valence-corrected chi connectivity index (χ1v) is 9.67. The highest BCUT2D eigenvalue weighted by Gasteiger charge is 2.24. The van der Waals surface area contributed by atoms with Gasteiger partial charge in [0.2, 0.25) is 0 Å². The second-order valence-electron chi connectivity index (χ2n) is 8.14. The van der Waals surface area contributed by atoms with E-state index in [0.717, 1.165) is 24.0 Å². The molecule has 0 radical (unpaired) electrons.